The van der Waals surface area contributed by atoms with E-state index >= 15 is 0 Å². The summed E-state index contributed by atoms with van der Waals surface area (Å²) >= 11 is 0. The van der Waals surface area contributed by atoms with Gasteiger partial charge in [0.1, 0.15) is 5.82 Å². The number of carbonyl (C=O) groups is 2. The largest absolute Gasteiger partial charge is 0.453 e. The van der Waals surface area contributed by atoms with E-state index in [9.17, 15) is 14.0 Å². The van der Waals surface area contributed by atoms with Crippen LogP contribution in [0.3, 0.4) is 0 Å². The number of halogens is 1. The van der Waals surface area contributed by atoms with Crippen LogP contribution in [0, 0.1) is 5.82 Å². The highest BCUT2D eigenvalue weighted by molar-refractivity contribution is 5.92. The Hall–Kier alpha value is -2.15. The Balaban J connectivity index is 1.38. The Morgan fingerprint density at radius 3 is 2.10 bits per heavy atom. The monoisotopic (exact) mass is 403 g/mol. The predicted octanol–water partition coefficient (Wildman–Crippen LogP) is 3.40. The van der Waals surface area contributed by atoms with Gasteiger partial charge in [0.05, 0.1) is 7.11 Å². The third-order valence-corrected chi connectivity index (χ3v) is 6.92. The van der Waals surface area contributed by atoms with Crippen LogP contribution in [0.15, 0.2) is 24.3 Å². The molecule has 0 saturated carbocycles. The first-order valence-electron chi connectivity index (χ1n) is 10.6. The van der Waals surface area contributed by atoms with Crippen molar-refractivity contribution in [2.75, 3.05) is 25.1 Å². The summed E-state index contributed by atoms with van der Waals surface area (Å²) in [6, 6.07) is 7.39. The number of ether oxygens (including phenoxy) is 1. The quantitative estimate of drug-likeness (QED) is 0.776. The highest BCUT2D eigenvalue weighted by Crippen LogP contribution is 2.39. The molecule has 1 aromatic rings. The molecular weight excluding hydrogens is 373 g/mol. The van der Waals surface area contributed by atoms with Crippen molar-refractivity contribution in [1.82, 2.24) is 9.80 Å². The van der Waals surface area contributed by atoms with Crippen LogP contribution in [-0.2, 0) is 9.53 Å². The molecule has 0 aromatic heterocycles. The molecule has 158 valence electrons. The molecule has 0 spiro atoms. The molecule has 29 heavy (non-hydrogen) atoms. The molecule has 3 saturated heterocycles. The normalized spacial score (nSPS) is 27.7. The summed E-state index contributed by atoms with van der Waals surface area (Å²) in [4.78, 5) is 30.7. The standard InChI is InChI=1S/C22H30FN3O3/c1-15(27)25(17-5-3-16(23)4-6-17)18-9-11-24(12-10-18)21-13-19-7-8-20(14-21)26(19)22(28)29-2/h3-6,18-21H,7-14H2,1-2H3. The van der Waals surface area contributed by atoms with Crippen molar-refractivity contribution in [3.8, 4) is 0 Å². The van der Waals surface area contributed by atoms with Gasteiger partial charge in [0.25, 0.3) is 0 Å². The lowest BCUT2D eigenvalue weighted by molar-refractivity contribution is -0.117. The summed E-state index contributed by atoms with van der Waals surface area (Å²) in [5.41, 5.74) is 0.766. The van der Waals surface area contributed by atoms with E-state index in [1.54, 1.807) is 19.1 Å². The minimum absolute atomic E-state index is 0.000473. The molecule has 2 atom stereocenters. The van der Waals surface area contributed by atoms with E-state index < -0.39 is 0 Å². The fraction of sp³-hybridized carbons (Fsp3) is 0.636. The highest BCUT2D eigenvalue weighted by atomic mass is 19.1. The van der Waals surface area contributed by atoms with Crippen LogP contribution in [0.2, 0.25) is 0 Å². The average molecular weight is 403 g/mol. The first kappa shape index (κ1) is 20.1. The lowest BCUT2D eigenvalue weighted by Gasteiger charge is -2.46. The van der Waals surface area contributed by atoms with Crippen LogP contribution < -0.4 is 4.90 Å². The van der Waals surface area contributed by atoms with E-state index in [0.29, 0.717) is 6.04 Å². The van der Waals surface area contributed by atoms with Gasteiger partial charge in [-0.25, -0.2) is 9.18 Å². The Kier molecular flexibility index (Phi) is 5.76. The van der Waals surface area contributed by atoms with Gasteiger partial charge in [0.15, 0.2) is 0 Å². The van der Waals surface area contributed by atoms with E-state index in [4.69, 9.17) is 4.74 Å². The number of anilines is 1. The molecule has 3 heterocycles. The van der Waals surface area contributed by atoms with Crippen molar-refractivity contribution in [2.45, 2.75) is 69.6 Å². The first-order valence-corrected chi connectivity index (χ1v) is 10.6. The highest BCUT2D eigenvalue weighted by Gasteiger charge is 2.45. The number of carbonyl (C=O) groups excluding carboxylic acids is 2. The minimum atomic E-state index is -0.292. The molecule has 4 rings (SSSR count). The molecule has 3 fully saturated rings. The Labute approximate surface area is 171 Å². The summed E-state index contributed by atoms with van der Waals surface area (Å²) in [5, 5.41) is 0. The van der Waals surface area contributed by atoms with E-state index in [0.717, 1.165) is 57.3 Å². The summed E-state index contributed by atoms with van der Waals surface area (Å²) in [5.74, 6) is -0.292. The number of piperidine rings is 2. The zero-order valence-corrected chi connectivity index (χ0v) is 17.2. The topological polar surface area (TPSA) is 53.1 Å². The van der Waals surface area contributed by atoms with Crippen molar-refractivity contribution in [1.29, 1.82) is 0 Å². The summed E-state index contributed by atoms with van der Waals surface area (Å²) in [6.07, 6.45) is 5.76. The van der Waals surface area contributed by atoms with Crippen LogP contribution in [-0.4, -0.2) is 66.2 Å². The van der Waals surface area contributed by atoms with Crippen molar-refractivity contribution in [2.24, 2.45) is 0 Å². The number of methoxy groups -OCH3 is 1. The van der Waals surface area contributed by atoms with Gasteiger partial charge in [-0.15, -0.1) is 0 Å². The van der Waals surface area contributed by atoms with E-state index in [2.05, 4.69) is 4.90 Å². The SMILES string of the molecule is COC(=O)N1C2CCC1CC(N1CCC(N(C(C)=O)c3ccc(F)cc3)CC1)C2. The molecule has 7 heteroatoms. The zero-order valence-electron chi connectivity index (χ0n) is 17.2. The molecule has 2 unspecified atom stereocenters. The molecule has 2 amide bonds. The Morgan fingerprint density at radius 2 is 1.59 bits per heavy atom. The maximum Gasteiger partial charge on any atom is 0.409 e. The number of hydrogen-bond donors (Lipinski definition) is 0. The van der Waals surface area contributed by atoms with E-state index in [1.807, 2.05) is 9.80 Å². The van der Waals surface area contributed by atoms with Gasteiger partial charge in [-0.3, -0.25) is 4.79 Å². The number of likely N-dealkylation sites (tertiary alicyclic amines) is 1. The maximum absolute atomic E-state index is 13.3. The van der Waals surface area contributed by atoms with Gasteiger partial charge in [-0.2, -0.15) is 0 Å². The van der Waals surface area contributed by atoms with Crippen LogP contribution >= 0.6 is 0 Å². The average Bonchev–Trinajstić information content (AvgIpc) is 2.98. The van der Waals surface area contributed by atoms with Gasteiger partial charge in [-0.1, -0.05) is 0 Å². The molecule has 0 aliphatic carbocycles. The van der Waals surface area contributed by atoms with Gasteiger partial charge < -0.3 is 19.4 Å². The number of fused-ring (bicyclic) bond motifs is 2. The van der Waals surface area contributed by atoms with Crippen LogP contribution in [0.5, 0.6) is 0 Å². The fourth-order valence-corrected chi connectivity index (χ4v) is 5.61. The third kappa shape index (κ3) is 3.97. The minimum Gasteiger partial charge on any atom is -0.453 e. The Bertz CT molecular complexity index is 734. The fourth-order valence-electron chi connectivity index (χ4n) is 5.61. The molecular formula is C22H30FN3O3. The summed E-state index contributed by atoms with van der Waals surface area (Å²) in [7, 11) is 1.46. The first-order chi connectivity index (χ1) is 14.0. The summed E-state index contributed by atoms with van der Waals surface area (Å²) < 4.78 is 18.3. The van der Waals surface area contributed by atoms with Gasteiger partial charge in [0.2, 0.25) is 5.91 Å². The van der Waals surface area contributed by atoms with Crippen LogP contribution in [0.1, 0.15) is 45.4 Å². The van der Waals surface area contributed by atoms with Crippen molar-refractivity contribution < 1.29 is 18.7 Å². The van der Waals surface area contributed by atoms with Crippen LogP contribution in [0.4, 0.5) is 14.9 Å². The molecule has 6 nitrogen and oxygen atoms in total. The number of amides is 2. The second kappa shape index (κ2) is 8.30. The van der Waals surface area contributed by atoms with Crippen LogP contribution in [0.25, 0.3) is 0 Å². The number of rotatable bonds is 3. The van der Waals surface area contributed by atoms with E-state index in [-0.39, 0.29) is 35.9 Å². The van der Waals surface area contributed by atoms with Crippen molar-refractivity contribution >= 4 is 17.7 Å². The lowest BCUT2D eigenvalue weighted by atomic mass is 9.93. The van der Waals surface area contributed by atoms with Gasteiger partial charge >= 0.3 is 6.09 Å². The van der Waals surface area contributed by atoms with Gasteiger partial charge in [0, 0.05) is 49.9 Å². The van der Waals surface area contributed by atoms with Crippen molar-refractivity contribution in [3.05, 3.63) is 30.1 Å². The number of benzene rings is 1. The second-order valence-electron chi connectivity index (χ2n) is 8.52. The second-order valence-corrected chi connectivity index (χ2v) is 8.52. The van der Waals surface area contributed by atoms with Gasteiger partial charge in [-0.05, 0) is 62.8 Å². The number of nitrogens with zero attached hydrogens (tertiary/aromatic N) is 3. The molecule has 3 aliphatic rings. The Morgan fingerprint density at radius 1 is 1.00 bits per heavy atom. The van der Waals surface area contributed by atoms with E-state index in [1.165, 1.54) is 19.2 Å². The zero-order chi connectivity index (χ0) is 20.5. The lowest BCUT2D eigenvalue weighted by Crippen LogP contribution is -2.55. The smallest absolute Gasteiger partial charge is 0.409 e. The number of hydrogen-bond acceptors (Lipinski definition) is 4. The molecule has 1 aromatic carbocycles. The predicted molar refractivity (Wildman–Crippen MR) is 108 cm³/mol. The third-order valence-electron chi connectivity index (χ3n) is 6.92. The van der Waals surface area contributed by atoms with Crippen molar-refractivity contribution in [3.63, 3.8) is 0 Å². The molecule has 3 aliphatic heterocycles. The molecule has 0 radical (unpaired) electrons. The molecule has 0 N–H and O–H groups in total. The summed E-state index contributed by atoms with van der Waals surface area (Å²) in [6.45, 7) is 3.46. The molecule has 2 bridgehead atoms. The maximum atomic E-state index is 13.3.